The number of amides is 2. The second-order valence-corrected chi connectivity index (χ2v) is 6.78. The summed E-state index contributed by atoms with van der Waals surface area (Å²) >= 11 is 1.15. The fraction of sp³-hybridized carbons (Fsp3) is 0.444. The lowest BCUT2D eigenvalue weighted by molar-refractivity contribution is 0.0777. The number of nitrogens with one attached hydrogen (secondary N) is 1. The number of carbonyl (C=O) groups is 2. The molecule has 2 aromatic rings. The van der Waals surface area contributed by atoms with E-state index in [0.29, 0.717) is 46.2 Å². The van der Waals surface area contributed by atoms with Gasteiger partial charge in [-0.05, 0) is 40.2 Å². The smallest absolute Gasteiger partial charge is 0.264 e. The molecule has 8 heteroatoms. The summed E-state index contributed by atoms with van der Waals surface area (Å²) in [4.78, 5) is 27.5. The highest BCUT2D eigenvalue weighted by Gasteiger charge is 2.25. The summed E-state index contributed by atoms with van der Waals surface area (Å²) in [6, 6.07) is 2.11. The molecule has 0 saturated heterocycles. The third-order valence-corrected chi connectivity index (χ3v) is 5.57. The summed E-state index contributed by atoms with van der Waals surface area (Å²) in [5.41, 5.74) is 2.15. The van der Waals surface area contributed by atoms with Crippen LogP contribution in [0, 0.1) is 25.2 Å². The Hall–Kier alpha value is -2.66. The van der Waals surface area contributed by atoms with Crippen LogP contribution in [0.25, 0.3) is 0 Å². The lowest BCUT2D eigenvalue weighted by Crippen LogP contribution is -2.30. The highest BCUT2D eigenvalue weighted by Crippen LogP contribution is 2.33. The number of rotatable bonds is 6. The van der Waals surface area contributed by atoms with Crippen LogP contribution in [0.2, 0.25) is 0 Å². The fourth-order valence-electron chi connectivity index (χ4n) is 2.75. The quantitative estimate of drug-likeness (QED) is 0.842. The van der Waals surface area contributed by atoms with Crippen LogP contribution in [0.4, 0.5) is 5.00 Å². The minimum absolute atomic E-state index is 0.121. The third-order valence-electron chi connectivity index (χ3n) is 4.38. The van der Waals surface area contributed by atoms with Crippen LogP contribution in [0.5, 0.6) is 0 Å². The van der Waals surface area contributed by atoms with Crippen LogP contribution in [0.3, 0.4) is 0 Å². The van der Waals surface area contributed by atoms with E-state index in [1.165, 1.54) is 6.20 Å². The predicted molar refractivity (Wildman–Crippen MR) is 102 cm³/mol. The SMILES string of the molecule is CCN(CC)C(=O)c1sc(NC(=O)c2cnn(CC)c2C)c(C#N)c1C. The van der Waals surface area contributed by atoms with Gasteiger partial charge in [-0.1, -0.05) is 0 Å². The molecule has 0 atom stereocenters. The number of thiophene rings is 1. The molecule has 138 valence electrons. The van der Waals surface area contributed by atoms with E-state index in [9.17, 15) is 14.9 Å². The van der Waals surface area contributed by atoms with Crippen molar-refractivity contribution in [3.8, 4) is 6.07 Å². The molecule has 0 aromatic carbocycles. The summed E-state index contributed by atoms with van der Waals surface area (Å²) in [5, 5.41) is 16.8. The first-order chi connectivity index (χ1) is 12.4. The standard InChI is InChI=1S/C18H23N5O2S/c1-6-22(7-2)18(25)15-11(4)13(9-19)17(26-15)21-16(24)14-10-20-23(8-3)12(14)5/h10H,6-8H2,1-5H3,(H,21,24). The Morgan fingerprint density at radius 2 is 1.96 bits per heavy atom. The first-order valence-electron chi connectivity index (χ1n) is 8.55. The van der Waals surface area contributed by atoms with E-state index in [2.05, 4.69) is 16.5 Å². The minimum atomic E-state index is -0.332. The average molecular weight is 373 g/mol. The van der Waals surface area contributed by atoms with Gasteiger partial charge in [-0.15, -0.1) is 11.3 Å². The van der Waals surface area contributed by atoms with Gasteiger partial charge in [-0.3, -0.25) is 14.3 Å². The van der Waals surface area contributed by atoms with Gasteiger partial charge in [0, 0.05) is 25.3 Å². The van der Waals surface area contributed by atoms with E-state index in [-0.39, 0.29) is 11.8 Å². The maximum atomic E-state index is 12.7. The van der Waals surface area contributed by atoms with Crippen molar-refractivity contribution in [2.75, 3.05) is 18.4 Å². The number of anilines is 1. The first-order valence-corrected chi connectivity index (χ1v) is 9.37. The molecule has 0 aliphatic rings. The highest BCUT2D eigenvalue weighted by molar-refractivity contribution is 7.18. The fourth-order valence-corrected chi connectivity index (χ4v) is 3.87. The molecular formula is C18H23N5O2S. The molecule has 1 N–H and O–H groups in total. The summed E-state index contributed by atoms with van der Waals surface area (Å²) < 4.78 is 1.73. The van der Waals surface area contributed by atoms with Crippen molar-refractivity contribution in [2.45, 2.75) is 41.2 Å². The predicted octanol–water partition coefficient (Wildman–Crippen LogP) is 3.19. The summed E-state index contributed by atoms with van der Waals surface area (Å²) in [5.74, 6) is -0.453. The van der Waals surface area contributed by atoms with Crippen LogP contribution in [-0.2, 0) is 6.54 Å². The van der Waals surface area contributed by atoms with E-state index in [4.69, 9.17) is 0 Å². The largest absolute Gasteiger partial charge is 0.338 e. The van der Waals surface area contributed by atoms with Gasteiger partial charge in [-0.2, -0.15) is 10.4 Å². The van der Waals surface area contributed by atoms with Gasteiger partial charge in [0.15, 0.2) is 0 Å². The second-order valence-electron chi connectivity index (χ2n) is 5.76. The van der Waals surface area contributed by atoms with Crippen molar-refractivity contribution in [2.24, 2.45) is 0 Å². The van der Waals surface area contributed by atoms with Gasteiger partial charge >= 0.3 is 0 Å². The Bertz CT molecular complexity index is 871. The minimum Gasteiger partial charge on any atom is -0.338 e. The number of nitriles is 1. The van der Waals surface area contributed by atoms with Crippen molar-refractivity contribution in [3.05, 3.63) is 33.5 Å². The highest BCUT2D eigenvalue weighted by atomic mass is 32.1. The lowest BCUT2D eigenvalue weighted by atomic mass is 10.1. The van der Waals surface area contributed by atoms with E-state index in [1.54, 1.807) is 16.5 Å². The van der Waals surface area contributed by atoms with Crippen LogP contribution in [0.1, 0.15) is 57.6 Å². The number of hydrogen-bond donors (Lipinski definition) is 1. The molecule has 7 nitrogen and oxygen atoms in total. The monoisotopic (exact) mass is 373 g/mol. The van der Waals surface area contributed by atoms with Crippen LogP contribution < -0.4 is 5.32 Å². The van der Waals surface area contributed by atoms with Gasteiger partial charge in [0.1, 0.15) is 11.1 Å². The van der Waals surface area contributed by atoms with Crippen molar-refractivity contribution in [1.82, 2.24) is 14.7 Å². The molecule has 0 radical (unpaired) electrons. The number of carbonyl (C=O) groups excluding carboxylic acids is 2. The zero-order chi connectivity index (χ0) is 19.4. The van der Waals surface area contributed by atoms with Crippen molar-refractivity contribution >= 4 is 28.2 Å². The van der Waals surface area contributed by atoms with Gasteiger partial charge < -0.3 is 10.2 Å². The molecule has 2 aromatic heterocycles. The second kappa shape index (κ2) is 8.15. The molecule has 2 rings (SSSR count). The van der Waals surface area contributed by atoms with E-state index >= 15 is 0 Å². The molecule has 0 bridgehead atoms. The van der Waals surface area contributed by atoms with Crippen molar-refractivity contribution in [3.63, 3.8) is 0 Å². The Balaban J connectivity index is 2.36. The number of aryl methyl sites for hydroxylation is 1. The van der Waals surface area contributed by atoms with E-state index in [0.717, 1.165) is 17.0 Å². The van der Waals surface area contributed by atoms with Crippen molar-refractivity contribution < 1.29 is 9.59 Å². The molecule has 0 saturated carbocycles. The summed E-state index contributed by atoms with van der Waals surface area (Å²) in [7, 11) is 0. The molecule has 0 fully saturated rings. The van der Waals surface area contributed by atoms with Gasteiger partial charge in [0.2, 0.25) is 0 Å². The third kappa shape index (κ3) is 3.48. The Morgan fingerprint density at radius 1 is 1.31 bits per heavy atom. The Kier molecular flexibility index (Phi) is 6.16. The Morgan fingerprint density at radius 3 is 2.46 bits per heavy atom. The molecular weight excluding hydrogens is 350 g/mol. The zero-order valence-corrected chi connectivity index (χ0v) is 16.5. The number of aromatic nitrogens is 2. The normalized spacial score (nSPS) is 10.5. The first kappa shape index (κ1) is 19.7. The lowest BCUT2D eigenvalue weighted by Gasteiger charge is -2.17. The zero-order valence-electron chi connectivity index (χ0n) is 15.7. The maximum Gasteiger partial charge on any atom is 0.264 e. The molecule has 2 amide bonds. The maximum absolute atomic E-state index is 12.7. The topological polar surface area (TPSA) is 91.0 Å². The molecule has 0 unspecified atom stereocenters. The molecule has 0 aliphatic heterocycles. The van der Waals surface area contributed by atoms with Crippen LogP contribution in [0.15, 0.2) is 6.20 Å². The van der Waals surface area contributed by atoms with Gasteiger partial charge in [-0.25, -0.2) is 0 Å². The van der Waals surface area contributed by atoms with Gasteiger partial charge in [0.25, 0.3) is 11.8 Å². The molecule has 26 heavy (non-hydrogen) atoms. The van der Waals surface area contributed by atoms with Crippen LogP contribution >= 0.6 is 11.3 Å². The average Bonchev–Trinajstić information content (AvgIpc) is 3.15. The van der Waals surface area contributed by atoms with Crippen LogP contribution in [-0.4, -0.2) is 39.6 Å². The van der Waals surface area contributed by atoms with E-state index in [1.807, 2.05) is 27.7 Å². The number of nitrogens with zero attached hydrogens (tertiary/aromatic N) is 4. The number of hydrogen-bond acceptors (Lipinski definition) is 5. The molecule has 0 spiro atoms. The van der Waals surface area contributed by atoms with Gasteiger partial charge in [0.05, 0.1) is 22.2 Å². The molecule has 0 aliphatic carbocycles. The summed E-state index contributed by atoms with van der Waals surface area (Å²) in [6.45, 7) is 11.2. The van der Waals surface area contributed by atoms with E-state index < -0.39 is 0 Å². The summed E-state index contributed by atoms with van der Waals surface area (Å²) in [6.07, 6.45) is 1.52. The Labute approximate surface area is 157 Å². The molecule has 2 heterocycles. The van der Waals surface area contributed by atoms with Crippen molar-refractivity contribution in [1.29, 1.82) is 5.26 Å².